The number of fused-ring (bicyclic) bond motifs is 1. The molecule has 1 unspecified atom stereocenters. The van der Waals surface area contributed by atoms with Crippen molar-refractivity contribution in [3.8, 4) is 0 Å². The average molecular weight is 262 g/mol. The molecule has 1 aromatic heterocycles. The second kappa shape index (κ2) is 5.40. The summed E-state index contributed by atoms with van der Waals surface area (Å²) >= 11 is 0. The molecule has 0 radical (unpaired) electrons. The van der Waals surface area contributed by atoms with Crippen molar-refractivity contribution in [2.24, 2.45) is 0 Å². The van der Waals surface area contributed by atoms with Crippen molar-refractivity contribution < 1.29 is 15.0 Å². The minimum absolute atomic E-state index is 0.241. The third kappa shape index (κ3) is 2.76. The van der Waals surface area contributed by atoms with Crippen molar-refractivity contribution in [2.75, 3.05) is 0 Å². The number of nitrogens with zero attached hydrogens (tertiary/aromatic N) is 2. The Hall–Kier alpha value is -1.88. The minimum atomic E-state index is -0.949. The van der Waals surface area contributed by atoms with E-state index in [0.29, 0.717) is 18.5 Å². The Bertz CT molecular complexity index is 604. The van der Waals surface area contributed by atoms with Crippen molar-refractivity contribution in [2.45, 2.75) is 39.3 Å². The third-order valence-electron chi connectivity index (χ3n) is 3.34. The zero-order valence-electron chi connectivity index (χ0n) is 11.1. The number of aliphatic hydroxyl groups is 1. The monoisotopic (exact) mass is 262 g/mol. The lowest BCUT2D eigenvalue weighted by molar-refractivity contribution is 0.0697. The molecule has 0 spiro atoms. The van der Waals surface area contributed by atoms with E-state index in [-0.39, 0.29) is 11.7 Å². The molecule has 0 aliphatic carbocycles. The van der Waals surface area contributed by atoms with Crippen LogP contribution in [-0.2, 0) is 6.54 Å². The van der Waals surface area contributed by atoms with Crippen LogP contribution in [0.4, 0.5) is 0 Å². The van der Waals surface area contributed by atoms with E-state index in [1.165, 1.54) is 0 Å². The lowest BCUT2D eigenvalue weighted by atomic mass is 10.2. The smallest absolute Gasteiger partial charge is 0.335 e. The summed E-state index contributed by atoms with van der Waals surface area (Å²) in [6, 6.07) is 4.94. The number of aromatic nitrogens is 2. The highest BCUT2D eigenvalue weighted by molar-refractivity contribution is 5.92. The Balaban J connectivity index is 2.34. The van der Waals surface area contributed by atoms with Gasteiger partial charge in [0.25, 0.3) is 0 Å². The molecule has 0 fully saturated rings. The van der Waals surface area contributed by atoms with Gasteiger partial charge in [-0.2, -0.15) is 0 Å². The Morgan fingerprint density at radius 3 is 2.84 bits per heavy atom. The summed E-state index contributed by atoms with van der Waals surface area (Å²) in [6.07, 6.45) is 1.09. The Morgan fingerprint density at radius 2 is 2.21 bits per heavy atom. The Labute approximate surface area is 111 Å². The number of aliphatic hydroxyl groups excluding tert-OH is 1. The highest BCUT2D eigenvalue weighted by Crippen LogP contribution is 2.19. The number of rotatable bonds is 5. The maximum Gasteiger partial charge on any atom is 0.335 e. The number of imidazole rings is 1. The number of carboxylic acid groups (broad SMARTS) is 1. The van der Waals surface area contributed by atoms with Gasteiger partial charge in [0, 0.05) is 6.54 Å². The molecular formula is C14H18N2O3. The summed E-state index contributed by atoms with van der Waals surface area (Å²) in [6.45, 7) is 4.52. The molecule has 2 aromatic rings. The molecule has 0 saturated heterocycles. The van der Waals surface area contributed by atoms with Gasteiger partial charge in [-0.1, -0.05) is 6.92 Å². The van der Waals surface area contributed by atoms with E-state index < -0.39 is 5.97 Å². The molecule has 102 valence electrons. The van der Waals surface area contributed by atoms with E-state index in [1.807, 2.05) is 18.4 Å². The Morgan fingerprint density at radius 1 is 1.47 bits per heavy atom. The molecule has 1 aromatic carbocycles. The molecule has 5 nitrogen and oxygen atoms in total. The summed E-state index contributed by atoms with van der Waals surface area (Å²) in [5.41, 5.74) is 1.83. The second-order valence-corrected chi connectivity index (χ2v) is 4.67. The van der Waals surface area contributed by atoms with E-state index in [1.54, 1.807) is 18.2 Å². The fraction of sp³-hybridized carbons (Fsp3) is 0.429. The molecule has 19 heavy (non-hydrogen) atoms. The molecule has 5 heteroatoms. The predicted octanol–water partition coefficient (Wildman–Crippen LogP) is 2.20. The number of carbonyl (C=O) groups is 1. The molecular weight excluding hydrogens is 244 g/mol. The maximum atomic E-state index is 10.9. The van der Waals surface area contributed by atoms with Gasteiger partial charge in [-0.25, -0.2) is 9.78 Å². The van der Waals surface area contributed by atoms with Crippen LogP contribution in [0.1, 0.15) is 35.9 Å². The molecule has 1 heterocycles. The zero-order valence-corrected chi connectivity index (χ0v) is 11.1. The first-order valence-corrected chi connectivity index (χ1v) is 6.41. The first-order valence-electron chi connectivity index (χ1n) is 6.41. The average Bonchev–Trinajstić information content (AvgIpc) is 2.70. The van der Waals surface area contributed by atoms with Crippen LogP contribution >= 0.6 is 0 Å². The molecule has 2 rings (SSSR count). The number of aryl methyl sites for hydroxylation is 2. The lowest BCUT2D eigenvalue weighted by Gasteiger charge is -2.10. The standard InChI is InChI=1S/C14H18N2O3/c1-3-11(17)6-7-16-9(2)15-12-8-10(14(18)19)4-5-13(12)16/h4-5,8,11,17H,3,6-7H2,1-2H3,(H,18,19). The van der Waals surface area contributed by atoms with Gasteiger partial charge in [0.15, 0.2) is 0 Å². The molecule has 0 bridgehead atoms. The van der Waals surface area contributed by atoms with Gasteiger partial charge < -0.3 is 14.8 Å². The molecule has 1 atom stereocenters. The number of hydrogen-bond acceptors (Lipinski definition) is 3. The quantitative estimate of drug-likeness (QED) is 0.866. The summed E-state index contributed by atoms with van der Waals surface area (Å²) in [5.74, 6) is -0.114. The minimum Gasteiger partial charge on any atom is -0.478 e. The predicted molar refractivity (Wildman–Crippen MR) is 72.3 cm³/mol. The third-order valence-corrected chi connectivity index (χ3v) is 3.34. The van der Waals surface area contributed by atoms with Gasteiger partial charge in [0.05, 0.1) is 22.7 Å². The summed E-state index contributed by atoms with van der Waals surface area (Å²) in [4.78, 5) is 15.3. The van der Waals surface area contributed by atoms with Gasteiger partial charge in [-0.15, -0.1) is 0 Å². The number of benzene rings is 1. The summed E-state index contributed by atoms with van der Waals surface area (Å²) in [5, 5.41) is 18.6. The van der Waals surface area contributed by atoms with E-state index in [4.69, 9.17) is 5.11 Å². The highest BCUT2D eigenvalue weighted by Gasteiger charge is 2.11. The normalized spacial score (nSPS) is 12.8. The number of carboxylic acids is 1. The largest absolute Gasteiger partial charge is 0.478 e. The van der Waals surface area contributed by atoms with Crippen LogP contribution in [0.15, 0.2) is 18.2 Å². The molecule has 2 N–H and O–H groups in total. The fourth-order valence-electron chi connectivity index (χ4n) is 2.15. The number of aromatic carboxylic acids is 1. The van der Waals surface area contributed by atoms with Crippen molar-refractivity contribution in [1.29, 1.82) is 0 Å². The van der Waals surface area contributed by atoms with Crippen molar-refractivity contribution in [3.05, 3.63) is 29.6 Å². The van der Waals surface area contributed by atoms with Gasteiger partial charge in [0.1, 0.15) is 5.82 Å². The van der Waals surface area contributed by atoms with Crippen LogP contribution in [0.2, 0.25) is 0 Å². The van der Waals surface area contributed by atoms with Crippen LogP contribution in [0.25, 0.3) is 11.0 Å². The van der Waals surface area contributed by atoms with Gasteiger partial charge in [0.2, 0.25) is 0 Å². The van der Waals surface area contributed by atoms with Crippen LogP contribution in [0.5, 0.6) is 0 Å². The van der Waals surface area contributed by atoms with E-state index >= 15 is 0 Å². The van der Waals surface area contributed by atoms with Crippen LogP contribution in [0.3, 0.4) is 0 Å². The van der Waals surface area contributed by atoms with E-state index in [0.717, 1.165) is 17.8 Å². The van der Waals surface area contributed by atoms with E-state index in [2.05, 4.69) is 4.98 Å². The van der Waals surface area contributed by atoms with Crippen molar-refractivity contribution >= 4 is 17.0 Å². The molecule has 0 aliphatic heterocycles. The number of hydrogen-bond donors (Lipinski definition) is 2. The maximum absolute atomic E-state index is 10.9. The fourth-order valence-corrected chi connectivity index (χ4v) is 2.15. The first-order chi connectivity index (χ1) is 9.02. The first kappa shape index (κ1) is 13.5. The molecule has 0 amide bonds. The molecule has 0 saturated carbocycles. The topological polar surface area (TPSA) is 75.3 Å². The van der Waals surface area contributed by atoms with Gasteiger partial charge in [-0.3, -0.25) is 0 Å². The molecule has 0 aliphatic rings. The van der Waals surface area contributed by atoms with Crippen LogP contribution in [0, 0.1) is 6.92 Å². The Kier molecular flexibility index (Phi) is 3.85. The summed E-state index contributed by atoms with van der Waals surface area (Å²) in [7, 11) is 0. The lowest BCUT2D eigenvalue weighted by Crippen LogP contribution is -2.10. The van der Waals surface area contributed by atoms with E-state index in [9.17, 15) is 9.90 Å². The van der Waals surface area contributed by atoms with Gasteiger partial charge >= 0.3 is 5.97 Å². The van der Waals surface area contributed by atoms with Gasteiger partial charge in [-0.05, 0) is 38.0 Å². The second-order valence-electron chi connectivity index (χ2n) is 4.67. The van der Waals surface area contributed by atoms with Crippen LogP contribution in [-0.4, -0.2) is 31.8 Å². The zero-order chi connectivity index (χ0) is 14.0. The van der Waals surface area contributed by atoms with Crippen molar-refractivity contribution in [3.63, 3.8) is 0 Å². The summed E-state index contributed by atoms with van der Waals surface area (Å²) < 4.78 is 2.01. The highest BCUT2D eigenvalue weighted by atomic mass is 16.4. The SMILES string of the molecule is CCC(O)CCn1c(C)nc2cc(C(=O)O)ccc21. The van der Waals surface area contributed by atoms with Crippen LogP contribution < -0.4 is 0 Å². The van der Waals surface area contributed by atoms with Crippen molar-refractivity contribution in [1.82, 2.24) is 9.55 Å².